The average molecular weight is 375 g/mol. The average Bonchev–Trinajstić information content (AvgIpc) is 3.16. The van der Waals surface area contributed by atoms with Gasteiger partial charge in [0.05, 0.1) is 6.54 Å². The van der Waals surface area contributed by atoms with Crippen molar-refractivity contribution in [1.29, 1.82) is 0 Å². The van der Waals surface area contributed by atoms with E-state index in [2.05, 4.69) is 38.0 Å². The number of phenols is 1. The topological polar surface area (TPSA) is 77.0 Å². The second-order valence-electron chi connectivity index (χ2n) is 5.79. The molecule has 1 amide bonds. The molecule has 0 saturated carbocycles. The van der Waals surface area contributed by atoms with Crippen molar-refractivity contribution in [3.8, 4) is 5.75 Å². The first-order valence-corrected chi connectivity index (χ1v) is 9.57. The smallest absolute Gasteiger partial charge is 0.251 e. The van der Waals surface area contributed by atoms with E-state index in [1.807, 2.05) is 14.0 Å². The number of aliphatic imine (C=N–C) groups is 1. The molecule has 1 aromatic heterocycles. The molecule has 0 aliphatic heterocycles. The van der Waals surface area contributed by atoms with Gasteiger partial charge in [-0.3, -0.25) is 9.79 Å². The molecule has 0 aliphatic rings. The number of carbonyl (C=O) groups excluding carboxylic acids is 1. The first kappa shape index (κ1) is 19.8. The van der Waals surface area contributed by atoms with Crippen LogP contribution in [0.1, 0.15) is 22.2 Å². The van der Waals surface area contributed by atoms with Crippen LogP contribution in [0, 0.1) is 0 Å². The number of guanidine groups is 1. The van der Waals surface area contributed by atoms with Gasteiger partial charge in [-0.2, -0.15) is 0 Å². The Morgan fingerprint density at radius 1 is 1.23 bits per heavy atom. The first-order valence-electron chi connectivity index (χ1n) is 8.69. The zero-order chi connectivity index (χ0) is 18.8. The van der Waals surface area contributed by atoms with E-state index in [0.29, 0.717) is 18.7 Å². The number of benzene rings is 1. The second kappa shape index (κ2) is 10.5. The van der Waals surface area contributed by atoms with Crippen molar-refractivity contribution >= 4 is 23.2 Å². The van der Waals surface area contributed by atoms with Gasteiger partial charge in [0.2, 0.25) is 0 Å². The third-order valence-corrected chi connectivity index (χ3v) is 4.69. The summed E-state index contributed by atoms with van der Waals surface area (Å²) in [5.41, 5.74) is 0.520. The third kappa shape index (κ3) is 6.40. The standard InChI is InChI=1S/C19H26N4O2S/c1-3-20-19(23(2)13-10-17-5-4-14-26-17)22-12-11-21-18(25)15-6-8-16(24)9-7-15/h4-9,14,24H,3,10-13H2,1-2H3,(H,20,22)(H,21,25). The van der Waals surface area contributed by atoms with Crippen LogP contribution >= 0.6 is 11.3 Å². The van der Waals surface area contributed by atoms with Crippen molar-refractivity contribution in [3.63, 3.8) is 0 Å². The van der Waals surface area contributed by atoms with Crippen LogP contribution in [0.4, 0.5) is 0 Å². The molecule has 0 unspecified atom stereocenters. The quantitative estimate of drug-likeness (QED) is 0.376. The number of phenolic OH excluding ortho intramolecular Hbond substituents is 1. The molecule has 0 radical (unpaired) electrons. The van der Waals surface area contributed by atoms with E-state index in [9.17, 15) is 9.90 Å². The van der Waals surface area contributed by atoms with Crippen molar-refractivity contribution in [3.05, 3.63) is 52.2 Å². The van der Waals surface area contributed by atoms with Crippen LogP contribution in [0.2, 0.25) is 0 Å². The molecule has 0 atom stereocenters. The van der Waals surface area contributed by atoms with E-state index < -0.39 is 0 Å². The Bertz CT molecular complexity index is 699. The van der Waals surface area contributed by atoms with Gasteiger partial charge in [0.1, 0.15) is 5.75 Å². The lowest BCUT2D eigenvalue weighted by molar-refractivity contribution is 0.0955. The maximum absolute atomic E-state index is 12.0. The number of aromatic hydroxyl groups is 1. The first-order chi connectivity index (χ1) is 12.6. The molecule has 6 nitrogen and oxygen atoms in total. The number of amides is 1. The van der Waals surface area contributed by atoms with Gasteiger partial charge >= 0.3 is 0 Å². The number of rotatable bonds is 8. The highest BCUT2D eigenvalue weighted by molar-refractivity contribution is 7.09. The van der Waals surface area contributed by atoms with E-state index in [-0.39, 0.29) is 11.7 Å². The van der Waals surface area contributed by atoms with Crippen LogP contribution in [0.15, 0.2) is 46.8 Å². The Balaban J connectivity index is 1.79. The van der Waals surface area contributed by atoms with Crippen LogP contribution in [0.5, 0.6) is 5.75 Å². The van der Waals surface area contributed by atoms with Crippen LogP contribution in [-0.4, -0.2) is 55.1 Å². The predicted molar refractivity (Wildman–Crippen MR) is 107 cm³/mol. The summed E-state index contributed by atoms with van der Waals surface area (Å²) in [4.78, 5) is 20.1. The highest BCUT2D eigenvalue weighted by Crippen LogP contribution is 2.10. The summed E-state index contributed by atoms with van der Waals surface area (Å²) in [6, 6.07) is 10.4. The highest BCUT2D eigenvalue weighted by Gasteiger charge is 2.07. The predicted octanol–water partition coefficient (Wildman–Crippen LogP) is 2.32. The molecule has 0 fully saturated rings. The van der Waals surface area contributed by atoms with Gasteiger partial charge in [-0.25, -0.2) is 0 Å². The lowest BCUT2D eigenvalue weighted by atomic mass is 10.2. The summed E-state index contributed by atoms with van der Waals surface area (Å²) < 4.78 is 0. The van der Waals surface area contributed by atoms with Crippen molar-refractivity contribution in [2.45, 2.75) is 13.3 Å². The van der Waals surface area contributed by atoms with E-state index in [1.54, 1.807) is 23.5 Å². The molecule has 26 heavy (non-hydrogen) atoms. The number of nitrogens with zero attached hydrogens (tertiary/aromatic N) is 2. The van der Waals surface area contributed by atoms with Gasteiger partial charge in [-0.1, -0.05) is 6.07 Å². The van der Waals surface area contributed by atoms with Crippen LogP contribution < -0.4 is 10.6 Å². The van der Waals surface area contributed by atoms with Gasteiger partial charge in [0.25, 0.3) is 5.91 Å². The minimum absolute atomic E-state index is 0.145. The van der Waals surface area contributed by atoms with Crippen molar-refractivity contribution in [1.82, 2.24) is 15.5 Å². The summed E-state index contributed by atoms with van der Waals surface area (Å²) in [5.74, 6) is 0.811. The van der Waals surface area contributed by atoms with Crippen LogP contribution in [0.3, 0.4) is 0 Å². The highest BCUT2D eigenvalue weighted by atomic mass is 32.1. The van der Waals surface area contributed by atoms with Crippen molar-refractivity contribution < 1.29 is 9.90 Å². The van der Waals surface area contributed by atoms with E-state index in [4.69, 9.17) is 0 Å². The molecule has 7 heteroatoms. The van der Waals surface area contributed by atoms with Gasteiger partial charge in [0.15, 0.2) is 5.96 Å². The number of hydrogen-bond donors (Lipinski definition) is 3. The van der Waals surface area contributed by atoms with E-state index in [1.165, 1.54) is 17.0 Å². The molecule has 0 saturated heterocycles. The Morgan fingerprint density at radius 2 is 2.00 bits per heavy atom. The van der Waals surface area contributed by atoms with Gasteiger partial charge in [0, 0.05) is 37.1 Å². The summed E-state index contributed by atoms with van der Waals surface area (Å²) in [5, 5.41) is 17.5. The summed E-state index contributed by atoms with van der Waals surface area (Å²) in [6.07, 6.45) is 0.982. The van der Waals surface area contributed by atoms with Gasteiger partial charge < -0.3 is 20.6 Å². The second-order valence-corrected chi connectivity index (χ2v) is 6.82. The van der Waals surface area contributed by atoms with Crippen LogP contribution in [-0.2, 0) is 6.42 Å². The normalized spacial score (nSPS) is 11.2. The number of thiophene rings is 1. The summed E-state index contributed by atoms with van der Waals surface area (Å²) >= 11 is 1.76. The summed E-state index contributed by atoms with van der Waals surface area (Å²) in [7, 11) is 2.02. The SMILES string of the molecule is CCNC(=NCCNC(=O)c1ccc(O)cc1)N(C)CCc1cccs1. The Morgan fingerprint density at radius 3 is 2.65 bits per heavy atom. The molecule has 3 N–H and O–H groups in total. The van der Waals surface area contributed by atoms with Crippen LogP contribution in [0.25, 0.3) is 0 Å². The molecule has 140 valence electrons. The molecule has 2 aromatic rings. The van der Waals surface area contributed by atoms with Crippen molar-refractivity contribution in [2.75, 3.05) is 33.2 Å². The number of nitrogens with one attached hydrogen (secondary N) is 2. The van der Waals surface area contributed by atoms with Gasteiger partial charge in [-0.05, 0) is 49.1 Å². The number of hydrogen-bond acceptors (Lipinski definition) is 4. The molecule has 2 rings (SSSR count). The number of carbonyl (C=O) groups is 1. The molecule has 0 spiro atoms. The molecule has 0 bridgehead atoms. The lowest BCUT2D eigenvalue weighted by Crippen LogP contribution is -2.40. The molecule has 0 aliphatic carbocycles. The fourth-order valence-corrected chi connectivity index (χ4v) is 3.05. The largest absolute Gasteiger partial charge is 0.508 e. The molecular weight excluding hydrogens is 348 g/mol. The fraction of sp³-hybridized carbons (Fsp3) is 0.368. The Hall–Kier alpha value is -2.54. The number of likely N-dealkylation sites (N-methyl/N-ethyl adjacent to an activating group) is 1. The minimum Gasteiger partial charge on any atom is -0.508 e. The minimum atomic E-state index is -0.170. The molecular formula is C19H26N4O2S. The third-order valence-electron chi connectivity index (χ3n) is 3.76. The monoisotopic (exact) mass is 374 g/mol. The fourth-order valence-electron chi connectivity index (χ4n) is 2.35. The van der Waals surface area contributed by atoms with Gasteiger partial charge in [-0.15, -0.1) is 11.3 Å². The zero-order valence-corrected chi connectivity index (χ0v) is 16.1. The Kier molecular flexibility index (Phi) is 7.95. The molecule has 1 aromatic carbocycles. The lowest BCUT2D eigenvalue weighted by Gasteiger charge is -2.21. The maximum atomic E-state index is 12.0. The summed E-state index contributed by atoms with van der Waals surface area (Å²) in [6.45, 7) is 4.66. The van der Waals surface area contributed by atoms with E-state index in [0.717, 1.165) is 25.5 Å². The van der Waals surface area contributed by atoms with E-state index >= 15 is 0 Å². The zero-order valence-electron chi connectivity index (χ0n) is 15.2. The van der Waals surface area contributed by atoms with Crippen molar-refractivity contribution in [2.24, 2.45) is 4.99 Å². The molecule has 1 heterocycles. The Labute approximate surface area is 158 Å². The maximum Gasteiger partial charge on any atom is 0.251 e.